The van der Waals surface area contributed by atoms with Crippen LogP contribution in [0.2, 0.25) is 0 Å². The van der Waals surface area contributed by atoms with Gasteiger partial charge in [0.25, 0.3) is 5.91 Å². The maximum absolute atomic E-state index is 12.7. The number of allylic oxidation sites excluding steroid dienone is 1. The second kappa shape index (κ2) is 10.2. The van der Waals surface area contributed by atoms with E-state index in [0.717, 1.165) is 32.1 Å². The molecule has 1 saturated heterocycles. The van der Waals surface area contributed by atoms with Crippen molar-refractivity contribution in [2.24, 2.45) is 0 Å². The normalized spacial score (nSPS) is 18.5. The highest BCUT2D eigenvalue weighted by molar-refractivity contribution is 7.89. The van der Waals surface area contributed by atoms with Crippen LogP contribution in [0.15, 0.2) is 40.8 Å². The average Bonchev–Trinajstić information content (AvgIpc) is 3.30. The molecule has 0 aromatic heterocycles. The molecule has 0 unspecified atom stereocenters. The molecule has 1 aliphatic heterocycles. The molecule has 0 radical (unpaired) electrons. The number of carbonyl (C=O) groups excluding carboxylic acids is 2. The van der Waals surface area contributed by atoms with Crippen molar-refractivity contribution in [2.45, 2.75) is 62.9 Å². The maximum atomic E-state index is 12.7. The smallest absolute Gasteiger partial charge is 0.338 e. The number of sulfonamides is 1. The first-order valence-electron chi connectivity index (χ1n) is 10.6. The van der Waals surface area contributed by atoms with E-state index in [2.05, 4.69) is 11.4 Å². The van der Waals surface area contributed by atoms with Crippen LogP contribution >= 0.6 is 0 Å². The van der Waals surface area contributed by atoms with Crippen LogP contribution in [0.5, 0.6) is 0 Å². The van der Waals surface area contributed by atoms with Crippen LogP contribution in [-0.2, 0) is 19.6 Å². The summed E-state index contributed by atoms with van der Waals surface area (Å²) in [6.07, 6.45) is 8.36. The predicted octanol–water partition coefficient (Wildman–Crippen LogP) is 3.02. The number of nitrogens with zero attached hydrogens (tertiary/aromatic N) is 1. The third kappa shape index (κ3) is 5.70. The number of nitrogens with one attached hydrogen (secondary N) is 1. The summed E-state index contributed by atoms with van der Waals surface area (Å²) in [5.41, 5.74) is 1.48. The monoisotopic (exact) mass is 434 g/mol. The van der Waals surface area contributed by atoms with Gasteiger partial charge in [-0.3, -0.25) is 4.79 Å². The summed E-state index contributed by atoms with van der Waals surface area (Å²) in [5.74, 6) is -1.08. The number of esters is 1. The van der Waals surface area contributed by atoms with Gasteiger partial charge in [0, 0.05) is 19.6 Å². The first-order chi connectivity index (χ1) is 14.4. The Morgan fingerprint density at radius 3 is 2.63 bits per heavy atom. The van der Waals surface area contributed by atoms with E-state index in [4.69, 9.17) is 4.74 Å². The molecule has 1 N–H and O–H groups in total. The van der Waals surface area contributed by atoms with E-state index in [-0.39, 0.29) is 16.4 Å². The summed E-state index contributed by atoms with van der Waals surface area (Å²) in [5, 5.41) is 2.80. The Kier molecular flexibility index (Phi) is 7.66. The SMILES string of the molecule is C[C@@H](OC(=O)c1cccc(S(=O)(=O)N2CCCC2)c1)C(=O)NCCC1=CCCCC1. The molecular formula is C22H30N2O5S. The largest absolute Gasteiger partial charge is 0.449 e. The molecule has 1 heterocycles. The van der Waals surface area contributed by atoms with Crippen molar-refractivity contribution in [3.63, 3.8) is 0 Å². The summed E-state index contributed by atoms with van der Waals surface area (Å²) in [6, 6.07) is 5.80. The van der Waals surface area contributed by atoms with E-state index in [1.165, 1.54) is 53.9 Å². The van der Waals surface area contributed by atoms with Crippen molar-refractivity contribution >= 4 is 21.9 Å². The molecule has 1 atom stereocenters. The third-order valence-electron chi connectivity index (χ3n) is 5.56. The molecule has 1 amide bonds. The van der Waals surface area contributed by atoms with Gasteiger partial charge in [-0.05, 0) is 70.1 Å². The van der Waals surface area contributed by atoms with Gasteiger partial charge in [-0.15, -0.1) is 0 Å². The van der Waals surface area contributed by atoms with E-state index in [0.29, 0.717) is 19.6 Å². The highest BCUT2D eigenvalue weighted by Gasteiger charge is 2.28. The fourth-order valence-corrected chi connectivity index (χ4v) is 5.33. The molecule has 1 aromatic carbocycles. The predicted molar refractivity (Wildman–Crippen MR) is 113 cm³/mol. The second-order valence-corrected chi connectivity index (χ2v) is 9.77. The minimum absolute atomic E-state index is 0.0664. The van der Waals surface area contributed by atoms with Crippen LogP contribution in [0, 0.1) is 0 Å². The zero-order chi connectivity index (χ0) is 21.6. The van der Waals surface area contributed by atoms with Crippen LogP contribution in [-0.4, -0.2) is 50.3 Å². The Labute approximate surface area is 178 Å². The first-order valence-corrected chi connectivity index (χ1v) is 12.1. The van der Waals surface area contributed by atoms with Crippen LogP contribution in [0.4, 0.5) is 0 Å². The van der Waals surface area contributed by atoms with E-state index in [9.17, 15) is 18.0 Å². The van der Waals surface area contributed by atoms with E-state index in [1.54, 1.807) is 0 Å². The lowest BCUT2D eigenvalue weighted by Gasteiger charge is -2.17. The molecule has 0 spiro atoms. The lowest BCUT2D eigenvalue weighted by molar-refractivity contribution is -0.129. The van der Waals surface area contributed by atoms with Crippen molar-refractivity contribution in [1.29, 1.82) is 0 Å². The lowest BCUT2D eigenvalue weighted by Crippen LogP contribution is -2.36. The van der Waals surface area contributed by atoms with Gasteiger partial charge in [0.1, 0.15) is 0 Å². The quantitative estimate of drug-likeness (QED) is 0.501. The molecule has 1 aromatic rings. The van der Waals surface area contributed by atoms with Gasteiger partial charge in [-0.2, -0.15) is 4.31 Å². The number of rotatable bonds is 8. The number of hydrogen-bond acceptors (Lipinski definition) is 5. The fourth-order valence-electron chi connectivity index (χ4n) is 3.76. The molecule has 1 aliphatic carbocycles. The fraction of sp³-hybridized carbons (Fsp3) is 0.545. The molecule has 0 bridgehead atoms. The Morgan fingerprint density at radius 1 is 1.17 bits per heavy atom. The molecule has 8 heteroatoms. The zero-order valence-corrected chi connectivity index (χ0v) is 18.2. The molecule has 164 valence electrons. The van der Waals surface area contributed by atoms with Gasteiger partial charge in [-0.1, -0.05) is 17.7 Å². The lowest BCUT2D eigenvalue weighted by atomic mass is 9.97. The second-order valence-electron chi connectivity index (χ2n) is 7.84. The molecule has 2 aliphatic rings. The van der Waals surface area contributed by atoms with Crippen molar-refractivity contribution in [1.82, 2.24) is 9.62 Å². The van der Waals surface area contributed by atoms with Gasteiger partial charge < -0.3 is 10.1 Å². The Balaban J connectivity index is 1.54. The summed E-state index contributed by atoms with van der Waals surface area (Å²) < 4.78 is 32.1. The molecule has 3 rings (SSSR count). The van der Waals surface area contributed by atoms with Crippen LogP contribution < -0.4 is 5.32 Å². The Hall–Kier alpha value is -2.19. The Bertz CT molecular complexity index is 904. The van der Waals surface area contributed by atoms with E-state index in [1.807, 2.05) is 0 Å². The van der Waals surface area contributed by atoms with Crippen molar-refractivity contribution in [2.75, 3.05) is 19.6 Å². The first kappa shape index (κ1) is 22.5. The topological polar surface area (TPSA) is 92.8 Å². The molecule has 0 saturated carbocycles. The zero-order valence-electron chi connectivity index (χ0n) is 17.4. The molecule has 30 heavy (non-hydrogen) atoms. The summed E-state index contributed by atoms with van der Waals surface area (Å²) in [6.45, 7) is 3.00. The summed E-state index contributed by atoms with van der Waals surface area (Å²) in [4.78, 5) is 24.8. The number of benzene rings is 1. The van der Waals surface area contributed by atoms with Crippen LogP contribution in [0.1, 0.15) is 62.2 Å². The van der Waals surface area contributed by atoms with Crippen molar-refractivity contribution < 1.29 is 22.7 Å². The Morgan fingerprint density at radius 2 is 1.93 bits per heavy atom. The van der Waals surface area contributed by atoms with E-state index < -0.39 is 22.1 Å². The highest BCUT2D eigenvalue weighted by atomic mass is 32.2. The van der Waals surface area contributed by atoms with Crippen molar-refractivity contribution in [3.8, 4) is 0 Å². The molecular weight excluding hydrogens is 404 g/mol. The average molecular weight is 435 g/mol. The van der Waals surface area contributed by atoms with E-state index >= 15 is 0 Å². The van der Waals surface area contributed by atoms with Gasteiger partial charge in [0.05, 0.1) is 10.5 Å². The minimum atomic E-state index is -3.62. The van der Waals surface area contributed by atoms with Crippen LogP contribution in [0.25, 0.3) is 0 Å². The standard InChI is InChI=1S/C22H30N2O5S/c1-17(21(25)23-13-12-18-8-3-2-4-9-18)29-22(26)19-10-7-11-20(16-19)30(27,28)24-14-5-6-15-24/h7-8,10-11,16-17H,2-6,9,12-15H2,1H3,(H,23,25)/t17-/m1/s1. The number of amides is 1. The van der Waals surface area contributed by atoms with Gasteiger partial charge in [-0.25, -0.2) is 13.2 Å². The maximum Gasteiger partial charge on any atom is 0.338 e. The summed E-state index contributed by atoms with van der Waals surface area (Å²) >= 11 is 0. The number of carbonyl (C=O) groups is 2. The number of ether oxygens (including phenoxy) is 1. The van der Waals surface area contributed by atoms with Gasteiger partial charge in [0.2, 0.25) is 10.0 Å². The third-order valence-corrected chi connectivity index (χ3v) is 7.45. The van der Waals surface area contributed by atoms with Gasteiger partial charge in [0.15, 0.2) is 6.10 Å². The van der Waals surface area contributed by atoms with Gasteiger partial charge >= 0.3 is 5.97 Å². The minimum Gasteiger partial charge on any atom is -0.449 e. The molecule has 7 nitrogen and oxygen atoms in total. The van der Waals surface area contributed by atoms with Crippen molar-refractivity contribution in [3.05, 3.63) is 41.5 Å². The molecule has 1 fully saturated rings. The summed E-state index contributed by atoms with van der Waals surface area (Å²) in [7, 11) is -3.62. The van der Waals surface area contributed by atoms with Crippen LogP contribution in [0.3, 0.4) is 0 Å². The highest BCUT2D eigenvalue weighted by Crippen LogP contribution is 2.22. The number of hydrogen-bond donors (Lipinski definition) is 1.